The predicted molar refractivity (Wildman–Crippen MR) is 115 cm³/mol. The summed E-state index contributed by atoms with van der Waals surface area (Å²) >= 11 is 8.54. The van der Waals surface area contributed by atoms with Crippen LogP contribution in [-0.4, -0.2) is 56.0 Å². The second kappa shape index (κ2) is 9.25. The van der Waals surface area contributed by atoms with Crippen LogP contribution in [0.5, 0.6) is 5.75 Å². The lowest BCUT2D eigenvalue weighted by Gasteiger charge is -2.19. The van der Waals surface area contributed by atoms with E-state index in [9.17, 15) is 18.0 Å². The molecule has 1 aliphatic heterocycles. The van der Waals surface area contributed by atoms with Crippen molar-refractivity contribution >= 4 is 46.5 Å². The number of likely N-dealkylation sites (N-methyl/N-ethyl adjacent to an activating group) is 1. The van der Waals surface area contributed by atoms with Gasteiger partial charge in [0.15, 0.2) is 0 Å². The summed E-state index contributed by atoms with van der Waals surface area (Å²) in [7, 11) is 5.17. The van der Waals surface area contributed by atoms with Gasteiger partial charge in [-0.1, -0.05) is 11.6 Å². The molecule has 0 radical (unpaired) electrons. The molecule has 2 heterocycles. The number of ether oxygens (including phenoxy) is 1. The number of amides is 1. The zero-order chi connectivity index (χ0) is 22.1. The number of benzene rings is 1. The van der Waals surface area contributed by atoms with Gasteiger partial charge in [-0.25, -0.2) is 0 Å². The SMILES string of the molecule is CN1CC[C@@H](Oc2cc(NSc3cc(C(=O)N(C)C)c(Cl)s3)ccc2C(F)(F)F)C1. The number of likely N-dealkylation sites (tertiary alicyclic amines) is 1. The maximum absolute atomic E-state index is 13.4. The Kier molecular flexibility index (Phi) is 7.11. The molecule has 1 atom stereocenters. The molecule has 5 nitrogen and oxygen atoms in total. The molecule has 1 saturated heterocycles. The number of nitrogens with zero attached hydrogens (tertiary/aromatic N) is 2. The fourth-order valence-corrected chi connectivity index (χ4v) is 5.18. The molecule has 2 aromatic rings. The van der Waals surface area contributed by atoms with E-state index in [0.29, 0.717) is 32.8 Å². The van der Waals surface area contributed by atoms with Crippen molar-refractivity contribution < 1.29 is 22.7 Å². The number of rotatable bonds is 6. The molecule has 0 aliphatic carbocycles. The minimum Gasteiger partial charge on any atom is -0.488 e. The van der Waals surface area contributed by atoms with Crippen LogP contribution in [0.3, 0.4) is 0 Å². The van der Waals surface area contributed by atoms with Gasteiger partial charge < -0.3 is 19.3 Å². The Morgan fingerprint density at radius 2 is 2.10 bits per heavy atom. The zero-order valence-electron chi connectivity index (χ0n) is 16.5. The Labute approximate surface area is 186 Å². The summed E-state index contributed by atoms with van der Waals surface area (Å²) in [6.07, 6.45) is -4.11. The highest BCUT2D eigenvalue weighted by Crippen LogP contribution is 2.40. The van der Waals surface area contributed by atoms with Gasteiger partial charge >= 0.3 is 6.18 Å². The first-order valence-corrected chi connectivity index (χ1v) is 11.1. The van der Waals surface area contributed by atoms with Crippen molar-refractivity contribution in [3.63, 3.8) is 0 Å². The molecule has 0 bridgehead atoms. The van der Waals surface area contributed by atoms with E-state index < -0.39 is 11.7 Å². The van der Waals surface area contributed by atoms with Gasteiger partial charge in [-0.05, 0) is 43.6 Å². The lowest BCUT2D eigenvalue weighted by atomic mass is 10.1. The van der Waals surface area contributed by atoms with Crippen molar-refractivity contribution in [1.82, 2.24) is 9.80 Å². The van der Waals surface area contributed by atoms with Gasteiger partial charge in [-0.15, -0.1) is 11.3 Å². The molecule has 1 fully saturated rings. The summed E-state index contributed by atoms with van der Waals surface area (Å²) in [5.41, 5.74) is 0.0442. The van der Waals surface area contributed by atoms with Crippen LogP contribution in [0.15, 0.2) is 28.5 Å². The highest BCUT2D eigenvalue weighted by molar-refractivity contribution is 8.02. The predicted octanol–water partition coefficient (Wildman–Crippen LogP) is 5.32. The quantitative estimate of drug-likeness (QED) is 0.568. The normalized spacial score (nSPS) is 17.2. The van der Waals surface area contributed by atoms with E-state index in [4.69, 9.17) is 16.3 Å². The first-order valence-electron chi connectivity index (χ1n) is 9.05. The summed E-state index contributed by atoms with van der Waals surface area (Å²) < 4.78 is 50.0. The number of thiophene rings is 1. The summed E-state index contributed by atoms with van der Waals surface area (Å²) in [6, 6.07) is 5.38. The van der Waals surface area contributed by atoms with Crippen LogP contribution >= 0.6 is 34.9 Å². The van der Waals surface area contributed by atoms with Gasteiger partial charge in [-0.3, -0.25) is 4.79 Å². The fourth-order valence-electron chi connectivity index (χ4n) is 2.98. The van der Waals surface area contributed by atoms with Crippen molar-refractivity contribution in [2.24, 2.45) is 0 Å². The molecule has 164 valence electrons. The lowest BCUT2D eigenvalue weighted by Crippen LogP contribution is -2.22. The number of nitrogens with one attached hydrogen (secondary N) is 1. The molecule has 1 aromatic carbocycles. The number of hydrogen-bond acceptors (Lipinski definition) is 6. The minimum absolute atomic E-state index is 0.193. The first-order chi connectivity index (χ1) is 14.0. The van der Waals surface area contributed by atoms with Gasteiger partial charge in [-0.2, -0.15) is 13.2 Å². The maximum Gasteiger partial charge on any atom is 0.419 e. The molecule has 30 heavy (non-hydrogen) atoms. The van der Waals surface area contributed by atoms with Crippen molar-refractivity contribution in [1.29, 1.82) is 0 Å². The van der Waals surface area contributed by atoms with Crippen LogP contribution < -0.4 is 9.46 Å². The number of carbonyl (C=O) groups is 1. The van der Waals surface area contributed by atoms with Crippen molar-refractivity contribution in [2.45, 2.75) is 22.9 Å². The summed E-state index contributed by atoms with van der Waals surface area (Å²) in [4.78, 5) is 15.6. The molecule has 0 unspecified atom stereocenters. The van der Waals surface area contributed by atoms with Crippen LogP contribution in [0.25, 0.3) is 0 Å². The molecule has 0 spiro atoms. The molecular weight excluding hydrogens is 459 g/mol. The number of halogens is 4. The van der Waals surface area contributed by atoms with E-state index in [2.05, 4.69) is 4.72 Å². The molecule has 0 saturated carbocycles. The molecule has 1 aliphatic rings. The highest BCUT2D eigenvalue weighted by atomic mass is 35.5. The highest BCUT2D eigenvalue weighted by Gasteiger charge is 2.35. The van der Waals surface area contributed by atoms with E-state index in [-0.39, 0.29) is 17.8 Å². The van der Waals surface area contributed by atoms with Crippen LogP contribution in [0.2, 0.25) is 4.34 Å². The third-order valence-corrected chi connectivity index (χ3v) is 6.81. The molecule has 11 heteroatoms. The molecule has 1 aromatic heterocycles. The molecule has 3 rings (SSSR count). The van der Waals surface area contributed by atoms with Gasteiger partial charge in [0, 0.05) is 38.9 Å². The Morgan fingerprint density at radius 3 is 2.70 bits per heavy atom. The second-order valence-electron chi connectivity index (χ2n) is 7.16. The average molecular weight is 480 g/mol. The van der Waals surface area contributed by atoms with Crippen molar-refractivity contribution in [3.8, 4) is 5.75 Å². The number of alkyl halides is 3. The van der Waals surface area contributed by atoms with Crippen molar-refractivity contribution in [2.75, 3.05) is 39.0 Å². The number of carbonyl (C=O) groups excluding carboxylic acids is 1. The van der Waals surface area contributed by atoms with Crippen LogP contribution in [0.1, 0.15) is 22.3 Å². The van der Waals surface area contributed by atoms with Crippen LogP contribution in [-0.2, 0) is 6.18 Å². The lowest BCUT2D eigenvalue weighted by molar-refractivity contribution is -0.139. The molecule has 1 N–H and O–H groups in total. The van der Waals surface area contributed by atoms with Gasteiger partial charge in [0.25, 0.3) is 5.91 Å². The standard InChI is InChI=1S/C19H21ClF3N3O2S2/c1-25(2)18(27)13-9-16(29-17(13)20)30-24-11-4-5-14(19(21,22)23)15(8-11)28-12-6-7-26(3)10-12/h4-5,8-9,12,24H,6-7,10H2,1-3H3/t12-/m1/s1. The Bertz CT molecular complexity index is 921. The van der Waals surface area contributed by atoms with Crippen LogP contribution in [0, 0.1) is 0 Å². The Morgan fingerprint density at radius 1 is 1.37 bits per heavy atom. The first kappa shape index (κ1) is 23.1. The van der Waals surface area contributed by atoms with E-state index in [0.717, 1.165) is 12.6 Å². The van der Waals surface area contributed by atoms with E-state index in [1.807, 2.05) is 11.9 Å². The second-order valence-corrected chi connectivity index (χ2v) is 9.92. The van der Waals surface area contributed by atoms with Gasteiger partial charge in [0.1, 0.15) is 16.2 Å². The van der Waals surface area contributed by atoms with E-state index in [1.165, 1.54) is 40.3 Å². The monoisotopic (exact) mass is 479 g/mol. The average Bonchev–Trinajstić information content (AvgIpc) is 3.23. The largest absolute Gasteiger partial charge is 0.488 e. The zero-order valence-corrected chi connectivity index (χ0v) is 18.9. The number of anilines is 1. The summed E-state index contributed by atoms with van der Waals surface area (Å²) in [5, 5.41) is 0. The van der Waals surface area contributed by atoms with E-state index in [1.54, 1.807) is 20.2 Å². The number of hydrogen-bond donors (Lipinski definition) is 1. The van der Waals surface area contributed by atoms with Crippen molar-refractivity contribution in [3.05, 3.63) is 39.7 Å². The van der Waals surface area contributed by atoms with E-state index >= 15 is 0 Å². The third-order valence-electron chi connectivity index (χ3n) is 4.50. The van der Waals surface area contributed by atoms with Gasteiger partial charge in [0.2, 0.25) is 0 Å². The summed E-state index contributed by atoms with van der Waals surface area (Å²) in [6.45, 7) is 1.37. The minimum atomic E-state index is -4.51. The molecular formula is C19H21ClF3N3O2S2. The van der Waals surface area contributed by atoms with Gasteiger partial charge in [0.05, 0.1) is 15.3 Å². The fraction of sp³-hybridized carbons (Fsp3) is 0.421. The Balaban J connectivity index is 1.76. The van der Waals surface area contributed by atoms with Crippen LogP contribution in [0.4, 0.5) is 18.9 Å². The summed E-state index contributed by atoms with van der Waals surface area (Å²) in [5.74, 6) is -0.407. The topological polar surface area (TPSA) is 44.8 Å². The smallest absolute Gasteiger partial charge is 0.419 e. The maximum atomic E-state index is 13.4. The molecule has 1 amide bonds. The third kappa shape index (κ3) is 5.54. The Hall–Kier alpha value is -1.62.